The van der Waals surface area contributed by atoms with Gasteiger partial charge in [-0.25, -0.2) is 0 Å². The van der Waals surface area contributed by atoms with Crippen molar-refractivity contribution in [2.45, 2.75) is 6.04 Å². The van der Waals surface area contributed by atoms with E-state index in [-0.39, 0.29) is 0 Å². The maximum Gasteiger partial charge on any atom is 0.322 e. The first-order valence-corrected chi connectivity index (χ1v) is 3.13. The molecule has 0 saturated heterocycles. The lowest BCUT2D eigenvalue weighted by molar-refractivity contribution is -0.142. The Morgan fingerprint density at radius 2 is 2.20 bits per heavy atom. The van der Waals surface area contributed by atoms with Crippen molar-refractivity contribution in [3.8, 4) is 0 Å². The number of nitrogens with one attached hydrogen (secondary N) is 1. The van der Waals surface area contributed by atoms with Crippen molar-refractivity contribution in [1.82, 2.24) is 10.2 Å². The number of likely N-dealkylation sites (N-methyl/N-ethyl adjacent to an activating group) is 2. The molecule has 0 radical (unpaired) electrons. The van der Waals surface area contributed by atoms with Gasteiger partial charge in [-0.05, 0) is 21.1 Å². The van der Waals surface area contributed by atoms with Gasteiger partial charge in [0.25, 0.3) is 0 Å². The highest BCUT2D eigenvalue weighted by atomic mass is 16.4. The van der Waals surface area contributed by atoms with Crippen LogP contribution in [0.25, 0.3) is 0 Å². The van der Waals surface area contributed by atoms with E-state index < -0.39 is 12.0 Å². The third-order valence-electron chi connectivity index (χ3n) is 1.31. The van der Waals surface area contributed by atoms with Gasteiger partial charge in [0.05, 0.1) is 0 Å². The number of carboxylic acid groups (broad SMARTS) is 1. The Morgan fingerprint density at radius 3 is 2.30 bits per heavy atom. The van der Waals surface area contributed by atoms with Crippen molar-refractivity contribution in [1.29, 1.82) is 0 Å². The van der Waals surface area contributed by atoms with Crippen molar-refractivity contribution in [2.24, 2.45) is 0 Å². The highest BCUT2D eigenvalue weighted by Gasteiger charge is 2.17. The molecule has 0 aromatic rings. The molecule has 4 heteroatoms. The van der Waals surface area contributed by atoms with E-state index in [0.717, 1.165) is 0 Å². The number of nitrogens with zero attached hydrogens (tertiary/aromatic N) is 1. The number of hydrogen-bond acceptors (Lipinski definition) is 3. The van der Waals surface area contributed by atoms with Crippen LogP contribution in [0.4, 0.5) is 0 Å². The zero-order valence-corrected chi connectivity index (χ0v) is 6.59. The Hall–Kier alpha value is -0.610. The average Bonchev–Trinajstić information content (AvgIpc) is 1.81. The predicted molar refractivity (Wildman–Crippen MR) is 39.0 cm³/mol. The van der Waals surface area contributed by atoms with Gasteiger partial charge in [-0.1, -0.05) is 0 Å². The van der Waals surface area contributed by atoms with Gasteiger partial charge in [-0.15, -0.1) is 0 Å². The SMILES string of the molecule is CNC[C@@H](C(=O)O)N(C)C. The molecule has 0 amide bonds. The van der Waals surface area contributed by atoms with Crippen LogP contribution in [0.15, 0.2) is 0 Å². The van der Waals surface area contributed by atoms with Crippen LogP contribution >= 0.6 is 0 Å². The normalized spacial score (nSPS) is 13.6. The summed E-state index contributed by atoms with van der Waals surface area (Å²) in [5, 5.41) is 11.4. The molecule has 0 bridgehead atoms. The summed E-state index contributed by atoms with van der Waals surface area (Å²) in [6.45, 7) is 0.475. The Balaban J connectivity index is 3.85. The van der Waals surface area contributed by atoms with Gasteiger partial charge in [0.15, 0.2) is 0 Å². The fraction of sp³-hybridized carbons (Fsp3) is 0.833. The van der Waals surface area contributed by atoms with Gasteiger partial charge in [0.2, 0.25) is 0 Å². The van der Waals surface area contributed by atoms with Crippen LogP contribution in [0, 0.1) is 0 Å². The standard InChI is InChI=1S/C6H14N2O2/c1-7-4-5(6(9)10)8(2)3/h5,7H,4H2,1-3H3,(H,9,10)/t5-/m0/s1. The molecule has 0 aliphatic carbocycles. The molecule has 0 spiro atoms. The minimum atomic E-state index is -0.792. The monoisotopic (exact) mass is 146 g/mol. The number of carboxylic acids is 1. The van der Waals surface area contributed by atoms with E-state index in [1.807, 2.05) is 0 Å². The van der Waals surface area contributed by atoms with Crippen LogP contribution in [-0.2, 0) is 4.79 Å². The molecule has 4 nitrogen and oxygen atoms in total. The Morgan fingerprint density at radius 1 is 1.70 bits per heavy atom. The molecular formula is C6H14N2O2. The third-order valence-corrected chi connectivity index (χ3v) is 1.31. The molecule has 0 aliphatic heterocycles. The summed E-state index contributed by atoms with van der Waals surface area (Å²) in [7, 11) is 5.23. The predicted octanol–water partition coefficient (Wildman–Crippen LogP) is -0.779. The highest BCUT2D eigenvalue weighted by Crippen LogP contribution is 1.90. The summed E-state index contributed by atoms with van der Waals surface area (Å²) < 4.78 is 0. The fourth-order valence-electron chi connectivity index (χ4n) is 0.684. The average molecular weight is 146 g/mol. The topological polar surface area (TPSA) is 52.6 Å². The highest BCUT2D eigenvalue weighted by molar-refractivity contribution is 5.73. The van der Waals surface area contributed by atoms with Crippen molar-refractivity contribution in [3.63, 3.8) is 0 Å². The lowest BCUT2D eigenvalue weighted by atomic mass is 10.3. The van der Waals surface area contributed by atoms with E-state index in [1.165, 1.54) is 0 Å². The molecule has 0 aliphatic rings. The second-order valence-electron chi connectivity index (χ2n) is 2.38. The van der Waals surface area contributed by atoms with Crippen molar-refractivity contribution < 1.29 is 9.90 Å². The minimum Gasteiger partial charge on any atom is -0.480 e. The summed E-state index contributed by atoms with van der Waals surface area (Å²) >= 11 is 0. The zero-order chi connectivity index (χ0) is 8.15. The summed E-state index contributed by atoms with van der Waals surface area (Å²) in [5.41, 5.74) is 0. The van der Waals surface area contributed by atoms with E-state index in [1.54, 1.807) is 26.0 Å². The molecule has 0 aromatic carbocycles. The van der Waals surface area contributed by atoms with Crippen LogP contribution in [0.1, 0.15) is 0 Å². The molecule has 10 heavy (non-hydrogen) atoms. The first-order valence-electron chi connectivity index (χ1n) is 3.13. The molecule has 2 N–H and O–H groups in total. The molecule has 0 unspecified atom stereocenters. The summed E-state index contributed by atoms with van der Waals surface area (Å²) in [4.78, 5) is 12.1. The number of hydrogen-bond donors (Lipinski definition) is 2. The first-order chi connectivity index (χ1) is 4.59. The maximum absolute atomic E-state index is 10.4. The molecule has 0 rings (SSSR count). The van der Waals surface area contributed by atoms with E-state index in [4.69, 9.17) is 5.11 Å². The van der Waals surface area contributed by atoms with E-state index in [2.05, 4.69) is 5.32 Å². The van der Waals surface area contributed by atoms with Gasteiger partial charge in [-0.3, -0.25) is 9.69 Å². The lowest BCUT2D eigenvalue weighted by Crippen LogP contribution is -2.42. The van der Waals surface area contributed by atoms with Crippen LogP contribution in [-0.4, -0.2) is 49.7 Å². The number of carbonyl (C=O) groups is 1. The molecule has 0 heterocycles. The second kappa shape index (κ2) is 4.24. The number of aliphatic carboxylic acids is 1. The van der Waals surface area contributed by atoms with Crippen molar-refractivity contribution >= 4 is 5.97 Å². The minimum absolute atomic E-state index is 0.426. The molecule has 1 atom stereocenters. The van der Waals surface area contributed by atoms with Gasteiger partial charge in [0, 0.05) is 6.54 Å². The smallest absolute Gasteiger partial charge is 0.322 e. The molecule has 0 saturated carbocycles. The lowest BCUT2D eigenvalue weighted by Gasteiger charge is -2.18. The zero-order valence-electron chi connectivity index (χ0n) is 6.59. The Labute approximate surface area is 60.8 Å². The first kappa shape index (κ1) is 9.39. The van der Waals surface area contributed by atoms with Crippen LogP contribution in [0.5, 0.6) is 0 Å². The second-order valence-corrected chi connectivity index (χ2v) is 2.38. The quantitative estimate of drug-likeness (QED) is 0.546. The van der Waals surface area contributed by atoms with Crippen LogP contribution < -0.4 is 5.32 Å². The summed E-state index contributed by atoms with van der Waals surface area (Å²) in [6.07, 6.45) is 0. The number of rotatable bonds is 4. The molecular weight excluding hydrogens is 132 g/mol. The van der Waals surface area contributed by atoms with Gasteiger partial charge in [0.1, 0.15) is 6.04 Å². The summed E-state index contributed by atoms with van der Waals surface area (Å²) in [5.74, 6) is -0.792. The van der Waals surface area contributed by atoms with Crippen LogP contribution in [0.3, 0.4) is 0 Å². The van der Waals surface area contributed by atoms with Gasteiger partial charge < -0.3 is 10.4 Å². The van der Waals surface area contributed by atoms with E-state index in [9.17, 15) is 4.79 Å². The van der Waals surface area contributed by atoms with Crippen molar-refractivity contribution in [3.05, 3.63) is 0 Å². The largest absolute Gasteiger partial charge is 0.480 e. The van der Waals surface area contributed by atoms with E-state index >= 15 is 0 Å². The van der Waals surface area contributed by atoms with Gasteiger partial charge in [-0.2, -0.15) is 0 Å². The fourth-order valence-corrected chi connectivity index (χ4v) is 0.684. The van der Waals surface area contributed by atoms with E-state index in [0.29, 0.717) is 6.54 Å². The summed E-state index contributed by atoms with van der Waals surface area (Å²) in [6, 6.07) is -0.426. The third kappa shape index (κ3) is 2.80. The Kier molecular flexibility index (Phi) is 3.99. The molecule has 60 valence electrons. The van der Waals surface area contributed by atoms with Gasteiger partial charge >= 0.3 is 5.97 Å². The molecule has 0 aromatic heterocycles. The van der Waals surface area contributed by atoms with Crippen molar-refractivity contribution in [2.75, 3.05) is 27.7 Å². The Bertz CT molecular complexity index is 114. The molecule has 0 fully saturated rings. The van der Waals surface area contributed by atoms with Crippen LogP contribution in [0.2, 0.25) is 0 Å². The maximum atomic E-state index is 10.4.